The Morgan fingerprint density at radius 3 is 2.47 bits per heavy atom. The molecule has 5 nitrogen and oxygen atoms in total. The third kappa shape index (κ3) is 3.19. The van der Waals surface area contributed by atoms with E-state index < -0.39 is 11.6 Å². The van der Waals surface area contributed by atoms with Gasteiger partial charge in [-0.25, -0.2) is 4.79 Å². The van der Waals surface area contributed by atoms with Gasteiger partial charge in [-0.3, -0.25) is 4.79 Å². The molecule has 1 N–H and O–H groups in total. The first-order valence-corrected chi connectivity index (χ1v) is 7.00. The van der Waals surface area contributed by atoms with Crippen LogP contribution in [0.4, 0.5) is 4.79 Å². The molecule has 1 heterocycles. The molecular formula is C14H23NO4. The van der Waals surface area contributed by atoms with Crippen molar-refractivity contribution in [3.05, 3.63) is 0 Å². The van der Waals surface area contributed by atoms with Crippen molar-refractivity contribution in [2.24, 2.45) is 11.8 Å². The van der Waals surface area contributed by atoms with Gasteiger partial charge in [-0.05, 0) is 52.4 Å². The molecule has 5 heteroatoms. The van der Waals surface area contributed by atoms with Gasteiger partial charge in [0.1, 0.15) is 5.60 Å². The Bertz CT molecular complexity index is 374. The number of carbonyl (C=O) groups excluding carboxylic acids is 1. The van der Waals surface area contributed by atoms with E-state index in [2.05, 4.69) is 0 Å². The number of likely N-dealkylation sites (tertiary alicyclic amines) is 1. The zero-order valence-electron chi connectivity index (χ0n) is 11.9. The molecule has 0 bridgehead atoms. The van der Waals surface area contributed by atoms with Crippen molar-refractivity contribution in [3.8, 4) is 0 Å². The first-order chi connectivity index (χ1) is 8.78. The second-order valence-corrected chi connectivity index (χ2v) is 6.64. The summed E-state index contributed by atoms with van der Waals surface area (Å²) in [7, 11) is 0. The average Bonchev–Trinajstić information content (AvgIpc) is 2.68. The van der Waals surface area contributed by atoms with Crippen LogP contribution in [0.25, 0.3) is 0 Å². The molecule has 0 radical (unpaired) electrons. The third-order valence-corrected chi connectivity index (χ3v) is 4.06. The van der Waals surface area contributed by atoms with Crippen molar-refractivity contribution >= 4 is 12.1 Å². The van der Waals surface area contributed by atoms with Gasteiger partial charge < -0.3 is 14.7 Å². The molecule has 1 amide bonds. The van der Waals surface area contributed by atoms with E-state index in [0.29, 0.717) is 25.3 Å². The minimum Gasteiger partial charge on any atom is -0.481 e. The van der Waals surface area contributed by atoms with E-state index in [-0.39, 0.29) is 18.1 Å². The first-order valence-electron chi connectivity index (χ1n) is 7.00. The summed E-state index contributed by atoms with van der Waals surface area (Å²) in [6.07, 6.45) is 2.78. The quantitative estimate of drug-likeness (QED) is 0.794. The second kappa shape index (κ2) is 5.02. The molecule has 2 aliphatic rings. The monoisotopic (exact) mass is 269 g/mol. The smallest absolute Gasteiger partial charge is 0.410 e. The number of rotatable bonds is 1. The fourth-order valence-corrected chi connectivity index (χ4v) is 3.21. The van der Waals surface area contributed by atoms with Crippen LogP contribution in [0.3, 0.4) is 0 Å². The number of hydrogen-bond acceptors (Lipinski definition) is 3. The van der Waals surface area contributed by atoms with Gasteiger partial charge in [-0.1, -0.05) is 0 Å². The molecule has 19 heavy (non-hydrogen) atoms. The lowest BCUT2D eigenvalue weighted by Gasteiger charge is -2.35. The Balaban J connectivity index is 1.97. The number of nitrogens with zero attached hydrogens (tertiary/aromatic N) is 1. The van der Waals surface area contributed by atoms with E-state index in [0.717, 1.165) is 12.8 Å². The van der Waals surface area contributed by atoms with Gasteiger partial charge in [0.25, 0.3) is 0 Å². The number of amides is 1. The lowest BCUT2D eigenvalue weighted by atomic mass is 9.78. The largest absolute Gasteiger partial charge is 0.481 e. The molecule has 108 valence electrons. The number of carbonyl (C=O) groups is 2. The van der Waals surface area contributed by atoms with Crippen molar-refractivity contribution in [2.45, 2.75) is 58.1 Å². The summed E-state index contributed by atoms with van der Waals surface area (Å²) < 4.78 is 5.42. The number of hydrogen-bond donors (Lipinski definition) is 1. The number of fused-ring (bicyclic) bond motifs is 1. The van der Waals surface area contributed by atoms with E-state index >= 15 is 0 Å². The van der Waals surface area contributed by atoms with Crippen LogP contribution >= 0.6 is 0 Å². The summed E-state index contributed by atoms with van der Waals surface area (Å²) in [6.45, 7) is 6.27. The lowest BCUT2D eigenvalue weighted by molar-refractivity contribution is -0.143. The molecule has 0 spiro atoms. The fourth-order valence-electron chi connectivity index (χ4n) is 3.21. The lowest BCUT2D eigenvalue weighted by Crippen LogP contribution is -2.43. The van der Waals surface area contributed by atoms with Gasteiger partial charge in [-0.15, -0.1) is 0 Å². The van der Waals surface area contributed by atoms with Crippen LogP contribution in [0.2, 0.25) is 0 Å². The molecule has 1 unspecified atom stereocenters. The molecule has 2 rings (SSSR count). The Kier molecular flexibility index (Phi) is 3.74. The highest BCUT2D eigenvalue weighted by molar-refractivity contribution is 5.71. The molecule has 1 saturated carbocycles. The average molecular weight is 269 g/mol. The maximum atomic E-state index is 12.1. The van der Waals surface area contributed by atoms with E-state index in [1.54, 1.807) is 4.90 Å². The van der Waals surface area contributed by atoms with Crippen LogP contribution in [0.15, 0.2) is 0 Å². The molecule has 3 atom stereocenters. The van der Waals surface area contributed by atoms with E-state index in [1.165, 1.54) is 0 Å². The molecule has 1 aliphatic carbocycles. The van der Waals surface area contributed by atoms with E-state index in [1.807, 2.05) is 20.8 Å². The third-order valence-electron chi connectivity index (χ3n) is 4.06. The van der Waals surface area contributed by atoms with E-state index in [9.17, 15) is 9.59 Å². The first kappa shape index (κ1) is 14.2. The van der Waals surface area contributed by atoms with Gasteiger partial charge in [0.05, 0.1) is 5.92 Å². The van der Waals surface area contributed by atoms with Crippen LogP contribution < -0.4 is 0 Å². The summed E-state index contributed by atoms with van der Waals surface area (Å²) in [5, 5.41) is 9.08. The van der Waals surface area contributed by atoms with Gasteiger partial charge in [0, 0.05) is 12.6 Å². The normalized spacial score (nSPS) is 30.9. The zero-order valence-corrected chi connectivity index (χ0v) is 11.9. The van der Waals surface area contributed by atoms with Crippen LogP contribution in [-0.4, -0.2) is 40.3 Å². The molecule has 0 aromatic carbocycles. The summed E-state index contributed by atoms with van der Waals surface area (Å²) in [6, 6.07) is 0.172. The van der Waals surface area contributed by atoms with Crippen molar-refractivity contribution in [1.82, 2.24) is 4.90 Å². The standard InChI is InChI=1S/C14H23NO4/c1-14(2,3)19-13(18)15-7-6-9-8-10(12(16)17)4-5-11(9)15/h9-11H,4-8H2,1-3H3,(H,16,17)/t9-,10?,11+/m1/s1. The minimum absolute atomic E-state index is 0.172. The highest BCUT2D eigenvalue weighted by atomic mass is 16.6. The van der Waals surface area contributed by atoms with E-state index in [4.69, 9.17) is 9.84 Å². The van der Waals surface area contributed by atoms with Gasteiger partial charge in [0.15, 0.2) is 0 Å². The molecule has 0 aromatic heterocycles. The van der Waals surface area contributed by atoms with Gasteiger partial charge in [0.2, 0.25) is 0 Å². The van der Waals surface area contributed by atoms with Crippen LogP contribution in [0, 0.1) is 11.8 Å². The predicted octanol–water partition coefficient (Wildman–Crippen LogP) is 2.50. The van der Waals surface area contributed by atoms with Crippen molar-refractivity contribution in [1.29, 1.82) is 0 Å². The van der Waals surface area contributed by atoms with Crippen LogP contribution in [0.5, 0.6) is 0 Å². The van der Waals surface area contributed by atoms with Gasteiger partial charge in [-0.2, -0.15) is 0 Å². The topological polar surface area (TPSA) is 66.8 Å². The second-order valence-electron chi connectivity index (χ2n) is 6.64. The maximum absolute atomic E-state index is 12.1. The van der Waals surface area contributed by atoms with Crippen LogP contribution in [-0.2, 0) is 9.53 Å². The zero-order chi connectivity index (χ0) is 14.2. The fraction of sp³-hybridized carbons (Fsp3) is 0.857. The summed E-state index contributed by atoms with van der Waals surface area (Å²) in [4.78, 5) is 25.0. The summed E-state index contributed by atoms with van der Waals surface area (Å²) in [5.74, 6) is -0.614. The number of aliphatic carboxylic acids is 1. The maximum Gasteiger partial charge on any atom is 0.410 e. The summed E-state index contributed by atoms with van der Waals surface area (Å²) in [5.41, 5.74) is -0.479. The van der Waals surface area contributed by atoms with Gasteiger partial charge >= 0.3 is 12.1 Å². The van der Waals surface area contributed by atoms with Crippen molar-refractivity contribution < 1.29 is 19.4 Å². The Labute approximate surface area is 113 Å². The molecule has 0 aromatic rings. The molecule has 2 fully saturated rings. The highest BCUT2D eigenvalue weighted by Gasteiger charge is 2.43. The predicted molar refractivity (Wildman–Crippen MR) is 69.8 cm³/mol. The van der Waals surface area contributed by atoms with Crippen LogP contribution in [0.1, 0.15) is 46.5 Å². The molecule has 1 aliphatic heterocycles. The Morgan fingerprint density at radius 2 is 1.89 bits per heavy atom. The number of carboxylic acid groups (broad SMARTS) is 1. The highest BCUT2D eigenvalue weighted by Crippen LogP contribution is 2.39. The SMILES string of the molecule is CC(C)(C)OC(=O)N1CC[C@@H]2CC(C(=O)O)CC[C@@H]21. The Morgan fingerprint density at radius 1 is 1.21 bits per heavy atom. The van der Waals surface area contributed by atoms with Crippen molar-refractivity contribution in [3.63, 3.8) is 0 Å². The Hall–Kier alpha value is -1.26. The summed E-state index contributed by atoms with van der Waals surface area (Å²) >= 11 is 0. The molecule has 1 saturated heterocycles. The van der Waals surface area contributed by atoms with Crippen molar-refractivity contribution in [2.75, 3.05) is 6.54 Å². The minimum atomic E-state index is -0.700. The number of ether oxygens (including phenoxy) is 1. The number of carboxylic acids is 1. The molecular weight excluding hydrogens is 246 g/mol.